The summed E-state index contributed by atoms with van der Waals surface area (Å²) in [5, 5.41) is 12.8. The maximum absolute atomic E-state index is 14.2. The molecule has 0 bridgehead atoms. The largest absolute Gasteiger partial charge is 0.530 e. The number of phosphoric acid groups is 1. The lowest BCUT2D eigenvalue weighted by Gasteiger charge is -2.50. The normalized spacial score (nSPS) is 25.8. The van der Waals surface area contributed by atoms with Gasteiger partial charge in [-0.25, -0.2) is 14.2 Å². The molecule has 4 aliphatic rings. The van der Waals surface area contributed by atoms with Crippen molar-refractivity contribution in [2.24, 2.45) is 34.6 Å². The number of hydrogen-bond acceptors (Lipinski definition) is 13. The molecule has 412 valence electrons. The quantitative estimate of drug-likeness (QED) is 0.0277. The molecule has 16 heteroatoms. The van der Waals surface area contributed by atoms with Gasteiger partial charge in [-0.2, -0.15) is 0 Å². The Bertz CT molecular complexity index is 1760. The summed E-state index contributed by atoms with van der Waals surface area (Å²) in [5.74, 6) is -0.331. The van der Waals surface area contributed by atoms with E-state index in [0.717, 1.165) is 77.0 Å². The number of nitrogens with two attached hydrogens (primary N) is 2. The monoisotopic (exact) mass is 1030 g/mol. The Kier molecular flexibility index (Phi) is 27.2. The number of phosphoric ester groups is 1. The lowest BCUT2D eigenvalue weighted by molar-refractivity contribution is -0.163. The summed E-state index contributed by atoms with van der Waals surface area (Å²) in [6.07, 6.45) is 27.8. The number of carbonyl (C=O) groups is 3. The topological polar surface area (TPSA) is 217 Å². The molecule has 0 radical (unpaired) electrons. The number of carbonyl (C=O) groups excluding carboxylic acids is 3. The van der Waals surface area contributed by atoms with Crippen LogP contribution in [0.15, 0.2) is 18.2 Å². The molecule has 1 aromatic rings. The second-order valence-corrected chi connectivity index (χ2v) is 23.2. The molecule has 1 aromatic carbocycles. The number of amides is 2. The first-order valence-electron chi connectivity index (χ1n) is 28.6. The number of nitrogens with one attached hydrogen (secondary N) is 1. The fraction of sp³-hybridized carbons (Fsp3) is 0.839. The SMILES string of the molecule is CCCCCCCCCCCCOP(=O)(OCCCCCCCCCCCC)Oc1ccc2c(c1)CCC1C2CCC2(C)C(OC(=O)COCCOCCNC(=O)OC3CCC(N)C(O)C3C(N)=O)CCC12. The van der Waals surface area contributed by atoms with Crippen LogP contribution in [0.5, 0.6) is 5.75 Å². The minimum absolute atomic E-state index is 0.108. The summed E-state index contributed by atoms with van der Waals surface area (Å²) in [6.45, 7) is 8.06. The third-order valence-corrected chi connectivity index (χ3v) is 17.7. The molecule has 9 unspecified atom stereocenters. The molecule has 0 aliphatic heterocycles. The van der Waals surface area contributed by atoms with Crippen LogP contribution < -0.4 is 21.3 Å². The molecule has 72 heavy (non-hydrogen) atoms. The van der Waals surface area contributed by atoms with Crippen LogP contribution in [0.2, 0.25) is 0 Å². The highest BCUT2D eigenvalue weighted by Crippen LogP contribution is 2.62. The predicted octanol–water partition coefficient (Wildman–Crippen LogP) is 11.5. The minimum atomic E-state index is -3.82. The Labute approximate surface area is 433 Å². The van der Waals surface area contributed by atoms with Crippen molar-refractivity contribution in [2.75, 3.05) is 46.2 Å². The lowest BCUT2D eigenvalue weighted by atomic mass is 9.55. The number of fused-ring (bicyclic) bond motifs is 5. The van der Waals surface area contributed by atoms with E-state index in [1.165, 1.54) is 101 Å². The van der Waals surface area contributed by atoms with Gasteiger partial charge in [-0.05, 0) is 105 Å². The molecule has 0 aromatic heterocycles. The van der Waals surface area contributed by atoms with Gasteiger partial charge in [0.25, 0.3) is 0 Å². The maximum Gasteiger partial charge on any atom is 0.530 e. The Hall–Kier alpha value is -2.78. The van der Waals surface area contributed by atoms with Crippen molar-refractivity contribution < 1.29 is 56.6 Å². The van der Waals surface area contributed by atoms with E-state index in [1.807, 2.05) is 6.07 Å². The van der Waals surface area contributed by atoms with E-state index < -0.39 is 44.0 Å². The van der Waals surface area contributed by atoms with E-state index in [-0.39, 0.29) is 50.5 Å². The first-order valence-corrected chi connectivity index (χ1v) is 30.1. The molecule has 6 N–H and O–H groups in total. The van der Waals surface area contributed by atoms with E-state index in [0.29, 0.717) is 49.6 Å². The summed E-state index contributed by atoms with van der Waals surface area (Å²) in [4.78, 5) is 37.2. The van der Waals surface area contributed by atoms with E-state index in [4.69, 9.17) is 44.0 Å². The van der Waals surface area contributed by atoms with E-state index in [9.17, 15) is 24.1 Å². The van der Waals surface area contributed by atoms with Crippen LogP contribution in [-0.2, 0) is 48.6 Å². The number of hydrogen-bond donors (Lipinski definition) is 4. The standard InChI is InChI=1S/C56H96N3O12P/c1-4-6-8-10-12-14-16-18-20-22-35-67-72(64,68-36-23-21-19-17-15-13-11-9-7-5-2)71-43-25-27-44-42(40-43)24-26-46-45(44)32-33-56(3)47(46)28-31-50(56)70-51(60)41-66-39-38-65-37-34-59-55(63)69-49-30-29-48(57)53(61)52(49)54(58)62/h25,27,40,45-50,52-53,61H,4-24,26,28-39,41,57H2,1-3H3,(H2,58,62)(H,59,63). The minimum Gasteiger partial charge on any atom is -0.460 e. The number of benzene rings is 1. The van der Waals surface area contributed by atoms with Gasteiger partial charge in [0, 0.05) is 18.0 Å². The molecule has 3 saturated carbocycles. The molecule has 4 aliphatic carbocycles. The number of rotatable bonds is 37. The predicted molar refractivity (Wildman–Crippen MR) is 281 cm³/mol. The molecule has 2 amide bonds. The summed E-state index contributed by atoms with van der Waals surface area (Å²) in [6, 6.07) is 5.60. The fourth-order valence-electron chi connectivity index (χ4n) is 12.2. The first-order chi connectivity index (χ1) is 34.9. The third kappa shape index (κ3) is 19.4. The van der Waals surface area contributed by atoms with Crippen LogP contribution in [0, 0.1) is 23.2 Å². The number of alkyl carbamates (subject to hydrolysis) is 1. The summed E-state index contributed by atoms with van der Waals surface area (Å²) < 4.78 is 55.1. The van der Waals surface area contributed by atoms with Crippen molar-refractivity contribution in [1.29, 1.82) is 0 Å². The average molecular weight is 1030 g/mol. The van der Waals surface area contributed by atoms with Gasteiger partial charge in [0.15, 0.2) is 0 Å². The Morgan fingerprint density at radius 2 is 1.32 bits per heavy atom. The van der Waals surface area contributed by atoms with Crippen LogP contribution in [0.25, 0.3) is 0 Å². The highest BCUT2D eigenvalue weighted by molar-refractivity contribution is 7.48. The number of esters is 1. The van der Waals surface area contributed by atoms with Gasteiger partial charge in [0.1, 0.15) is 30.5 Å². The number of unbranched alkanes of at least 4 members (excludes halogenated alkanes) is 18. The Morgan fingerprint density at radius 3 is 1.93 bits per heavy atom. The van der Waals surface area contributed by atoms with Crippen molar-refractivity contribution in [2.45, 2.75) is 231 Å². The van der Waals surface area contributed by atoms with E-state index >= 15 is 0 Å². The first kappa shape index (κ1) is 60.1. The molecule has 0 spiro atoms. The van der Waals surface area contributed by atoms with Crippen molar-refractivity contribution in [1.82, 2.24) is 5.32 Å². The van der Waals surface area contributed by atoms with Crippen molar-refractivity contribution >= 4 is 25.8 Å². The Morgan fingerprint density at radius 1 is 0.722 bits per heavy atom. The number of aryl methyl sites for hydroxylation is 1. The fourth-order valence-corrected chi connectivity index (χ4v) is 13.4. The summed E-state index contributed by atoms with van der Waals surface area (Å²) >= 11 is 0. The van der Waals surface area contributed by atoms with Gasteiger partial charge in [-0.3, -0.25) is 13.8 Å². The molecule has 15 nitrogen and oxygen atoms in total. The van der Waals surface area contributed by atoms with Crippen molar-refractivity contribution in [3.8, 4) is 5.75 Å². The van der Waals surface area contributed by atoms with Crippen LogP contribution in [0.1, 0.15) is 211 Å². The number of ether oxygens (including phenoxy) is 4. The van der Waals surface area contributed by atoms with Gasteiger partial charge >= 0.3 is 19.9 Å². The zero-order valence-electron chi connectivity index (χ0n) is 44.6. The highest BCUT2D eigenvalue weighted by Gasteiger charge is 2.56. The average Bonchev–Trinajstić information content (AvgIpc) is 3.69. The van der Waals surface area contributed by atoms with Crippen LogP contribution >= 0.6 is 7.82 Å². The van der Waals surface area contributed by atoms with Crippen molar-refractivity contribution in [3.05, 3.63) is 29.3 Å². The molecule has 0 heterocycles. The van der Waals surface area contributed by atoms with Crippen molar-refractivity contribution in [3.63, 3.8) is 0 Å². The van der Waals surface area contributed by atoms with E-state index in [1.54, 1.807) is 0 Å². The smallest absolute Gasteiger partial charge is 0.460 e. The van der Waals surface area contributed by atoms with Gasteiger partial charge in [0.2, 0.25) is 5.91 Å². The van der Waals surface area contributed by atoms with Gasteiger partial charge in [-0.15, -0.1) is 0 Å². The number of aliphatic hydroxyl groups excluding tert-OH is 1. The molecular formula is C56H96N3O12P. The van der Waals surface area contributed by atoms with Crippen LogP contribution in [-0.4, -0.2) is 93.6 Å². The second kappa shape index (κ2) is 32.6. The van der Waals surface area contributed by atoms with Crippen LogP contribution in [0.3, 0.4) is 0 Å². The zero-order chi connectivity index (χ0) is 51.6. The number of aliphatic hydroxyl groups is 1. The zero-order valence-corrected chi connectivity index (χ0v) is 45.5. The molecule has 9 atom stereocenters. The van der Waals surface area contributed by atoms with Gasteiger partial charge < -0.3 is 45.4 Å². The van der Waals surface area contributed by atoms with E-state index in [2.05, 4.69) is 38.2 Å². The summed E-state index contributed by atoms with van der Waals surface area (Å²) in [7, 11) is -3.82. The van der Waals surface area contributed by atoms with Gasteiger partial charge in [0.05, 0.1) is 39.1 Å². The summed E-state index contributed by atoms with van der Waals surface area (Å²) in [5.41, 5.74) is 13.8. The third-order valence-electron chi connectivity index (χ3n) is 16.3. The number of primary amides is 1. The maximum atomic E-state index is 14.2. The molecule has 5 rings (SSSR count). The second-order valence-electron chi connectivity index (χ2n) is 21.6. The Balaban J connectivity index is 1.02. The lowest BCUT2D eigenvalue weighted by Crippen LogP contribution is -2.55. The molecule has 3 fully saturated rings. The molecular weight excluding hydrogens is 938 g/mol. The van der Waals surface area contributed by atoms with Crippen LogP contribution in [0.4, 0.5) is 4.79 Å². The van der Waals surface area contributed by atoms with Gasteiger partial charge in [-0.1, -0.05) is 142 Å². The highest BCUT2D eigenvalue weighted by atomic mass is 31.2. The molecule has 0 saturated heterocycles.